The smallest absolute Gasteiger partial charge is 0.418 e. The lowest BCUT2D eigenvalue weighted by atomic mass is 9.78. The van der Waals surface area contributed by atoms with Crippen LogP contribution in [0, 0.1) is 5.41 Å². The normalized spacial score (nSPS) is 18.3. The van der Waals surface area contributed by atoms with Gasteiger partial charge in [-0.15, -0.1) is 0 Å². The molecule has 2 saturated heterocycles. The highest BCUT2D eigenvalue weighted by atomic mass is 16.5. The highest BCUT2D eigenvalue weighted by Gasteiger charge is 2.48. The summed E-state index contributed by atoms with van der Waals surface area (Å²) in [7, 11) is 5.74. The van der Waals surface area contributed by atoms with Crippen LogP contribution in [-0.2, 0) is 15.9 Å². The Morgan fingerprint density at radius 1 is 1.29 bits per heavy atom. The third-order valence-electron chi connectivity index (χ3n) is 5.69. The Morgan fingerprint density at radius 2 is 2.07 bits per heavy atom. The van der Waals surface area contributed by atoms with Crippen molar-refractivity contribution in [1.29, 1.82) is 0 Å². The van der Waals surface area contributed by atoms with Crippen molar-refractivity contribution in [2.75, 3.05) is 67.2 Å². The molecule has 0 atom stereocenters. The van der Waals surface area contributed by atoms with E-state index in [0.717, 1.165) is 68.0 Å². The molecular formula is C21H29N3O4. The summed E-state index contributed by atoms with van der Waals surface area (Å²) in [5, 5.41) is 1.04. The van der Waals surface area contributed by atoms with Gasteiger partial charge >= 0.3 is 6.09 Å². The number of fused-ring (bicyclic) bond motifs is 1. The first-order valence-electron chi connectivity index (χ1n) is 9.80. The van der Waals surface area contributed by atoms with Gasteiger partial charge in [-0.05, 0) is 44.3 Å². The fraction of sp³-hybridized carbons (Fsp3) is 0.571. The molecule has 0 amide bonds. The Labute approximate surface area is 165 Å². The van der Waals surface area contributed by atoms with Gasteiger partial charge in [-0.1, -0.05) is 0 Å². The Hall–Kier alpha value is -2.09. The van der Waals surface area contributed by atoms with Crippen LogP contribution in [0.15, 0.2) is 24.4 Å². The van der Waals surface area contributed by atoms with Gasteiger partial charge in [-0.2, -0.15) is 0 Å². The van der Waals surface area contributed by atoms with Gasteiger partial charge in [0.15, 0.2) is 0 Å². The van der Waals surface area contributed by atoms with Gasteiger partial charge in [0, 0.05) is 43.2 Å². The summed E-state index contributed by atoms with van der Waals surface area (Å²) in [4.78, 5) is 17.2. The van der Waals surface area contributed by atoms with Gasteiger partial charge in [-0.25, -0.2) is 4.79 Å². The summed E-state index contributed by atoms with van der Waals surface area (Å²) < 4.78 is 17.8. The summed E-state index contributed by atoms with van der Waals surface area (Å²) in [6, 6.07) is 5.79. The summed E-state index contributed by atoms with van der Waals surface area (Å²) in [5.74, 6) is 0.788. The van der Waals surface area contributed by atoms with Gasteiger partial charge in [0.25, 0.3) is 0 Å². The molecular weight excluding hydrogens is 358 g/mol. The molecule has 3 heterocycles. The van der Waals surface area contributed by atoms with Crippen molar-refractivity contribution >= 4 is 17.0 Å². The van der Waals surface area contributed by atoms with Crippen molar-refractivity contribution in [2.45, 2.75) is 6.42 Å². The van der Waals surface area contributed by atoms with Gasteiger partial charge < -0.3 is 19.1 Å². The van der Waals surface area contributed by atoms with Crippen molar-refractivity contribution in [1.82, 2.24) is 14.4 Å². The average molecular weight is 387 g/mol. The predicted molar refractivity (Wildman–Crippen MR) is 107 cm³/mol. The van der Waals surface area contributed by atoms with Crippen LogP contribution in [0.5, 0.6) is 5.75 Å². The molecule has 0 radical (unpaired) electrons. The number of ether oxygens (including phenoxy) is 3. The highest BCUT2D eigenvalue weighted by Crippen LogP contribution is 2.37. The summed E-state index contributed by atoms with van der Waals surface area (Å²) in [6.07, 6.45) is 2.43. The van der Waals surface area contributed by atoms with Gasteiger partial charge in [-0.3, -0.25) is 9.47 Å². The first-order chi connectivity index (χ1) is 13.5. The molecule has 7 nitrogen and oxygen atoms in total. The molecule has 7 heteroatoms. The molecule has 4 rings (SSSR count). The number of hydrogen-bond donors (Lipinski definition) is 0. The molecule has 0 bridgehead atoms. The maximum Gasteiger partial charge on any atom is 0.418 e. The first kappa shape index (κ1) is 19.2. The van der Waals surface area contributed by atoms with Crippen molar-refractivity contribution in [3.63, 3.8) is 0 Å². The molecule has 1 aromatic carbocycles. The van der Waals surface area contributed by atoms with Crippen LogP contribution in [0.3, 0.4) is 0 Å². The number of carbonyl (C=O) groups is 1. The maximum absolute atomic E-state index is 12.7. The van der Waals surface area contributed by atoms with Crippen LogP contribution in [0.25, 0.3) is 10.9 Å². The maximum atomic E-state index is 12.7. The van der Waals surface area contributed by atoms with Gasteiger partial charge in [0.05, 0.1) is 25.8 Å². The molecule has 152 valence electrons. The van der Waals surface area contributed by atoms with E-state index in [9.17, 15) is 4.79 Å². The third kappa shape index (κ3) is 3.74. The van der Waals surface area contributed by atoms with E-state index in [-0.39, 0.29) is 6.09 Å². The van der Waals surface area contributed by atoms with E-state index in [4.69, 9.17) is 14.2 Å². The number of aromatic nitrogens is 1. The molecule has 28 heavy (non-hydrogen) atoms. The van der Waals surface area contributed by atoms with Crippen molar-refractivity contribution in [3.8, 4) is 5.75 Å². The first-order valence-corrected chi connectivity index (χ1v) is 9.80. The van der Waals surface area contributed by atoms with E-state index in [1.807, 2.05) is 38.5 Å². The molecule has 2 aliphatic rings. The van der Waals surface area contributed by atoms with Crippen LogP contribution < -0.4 is 4.74 Å². The molecule has 0 unspecified atom stereocenters. The monoisotopic (exact) mass is 387 g/mol. The van der Waals surface area contributed by atoms with Crippen molar-refractivity contribution in [2.24, 2.45) is 5.41 Å². The van der Waals surface area contributed by atoms with Gasteiger partial charge in [0.1, 0.15) is 12.4 Å². The zero-order chi connectivity index (χ0) is 19.7. The number of methoxy groups -OCH3 is 1. The minimum absolute atomic E-state index is 0.325. The number of hydrogen-bond acceptors (Lipinski definition) is 6. The van der Waals surface area contributed by atoms with E-state index in [0.29, 0.717) is 12.0 Å². The lowest BCUT2D eigenvalue weighted by molar-refractivity contribution is -0.190. The lowest BCUT2D eigenvalue weighted by Crippen LogP contribution is -2.66. The highest BCUT2D eigenvalue weighted by molar-refractivity contribution is 5.92. The second-order valence-corrected chi connectivity index (χ2v) is 8.28. The zero-order valence-corrected chi connectivity index (χ0v) is 16.9. The van der Waals surface area contributed by atoms with Gasteiger partial charge in [0.2, 0.25) is 0 Å². The third-order valence-corrected chi connectivity index (χ3v) is 5.69. The largest absolute Gasteiger partial charge is 0.497 e. The molecule has 0 N–H and O–H groups in total. The zero-order valence-electron chi connectivity index (χ0n) is 16.9. The topological polar surface area (TPSA) is 56.2 Å². The molecule has 2 fully saturated rings. The van der Waals surface area contributed by atoms with E-state index in [2.05, 4.69) is 9.80 Å². The fourth-order valence-corrected chi connectivity index (χ4v) is 4.06. The molecule has 1 aromatic heterocycles. The number of rotatable bonds is 7. The van der Waals surface area contributed by atoms with Crippen LogP contribution in [0.2, 0.25) is 0 Å². The minimum atomic E-state index is -0.325. The molecule has 2 aromatic rings. The molecule has 2 aliphatic heterocycles. The SMILES string of the molecule is COc1ccc2c(c1)c(CCN(C)C)cn2C(=O)OCCN1CC2(COC2)C1. The van der Waals surface area contributed by atoms with E-state index >= 15 is 0 Å². The minimum Gasteiger partial charge on any atom is -0.497 e. The summed E-state index contributed by atoms with van der Waals surface area (Å²) in [6.45, 7) is 5.92. The van der Waals surface area contributed by atoms with Crippen LogP contribution in [0.4, 0.5) is 4.79 Å². The quantitative estimate of drug-likeness (QED) is 0.725. The Kier molecular flexibility index (Phi) is 5.31. The van der Waals surface area contributed by atoms with E-state index in [1.54, 1.807) is 11.7 Å². The Bertz CT molecular complexity index is 849. The number of nitrogens with zero attached hydrogens (tertiary/aromatic N) is 3. The predicted octanol–water partition coefficient (Wildman–Crippen LogP) is 2.07. The molecule has 1 spiro atoms. The second-order valence-electron chi connectivity index (χ2n) is 8.28. The number of likely N-dealkylation sites (tertiary alicyclic amines) is 1. The standard InChI is InChI=1S/C21H29N3O4/c1-22(2)7-6-16-11-24(19-5-4-17(26-3)10-18(16)19)20(25)28-9-8-23-12-21(13-23)14-27-15-21/h4-5,10-11H,6-9,12-15H2,1-3H3. The van der Waals surface area contributed by atoms with Crippen LogP contribution in [0.1, 0.15) is 5.56 Å². The number of carbonyl (C=O) groups excluding carboxylic acids is 1. The summed E-state index contributed by atoms with van der Waals surface area (Å²) in [5.41, 5.74) is 2.37. The Morgan fingerprint density at radius 3 is 2.71 bits per heavy atom. The molecule has 0 aliphatic carbocycles. The average Bonchev–Trinajstić information content (AvgIpc) is 2.98. The van der Waals surface area contributed by atoms with Crippen LogP contribution in [-0.4, -0.2) is 87.7 Å². The Balaban J connectivity index is 1.42. The van der Waals surface area contributed by atoms with E-state index < -0.39 is 0 Å². The number of benzene rings is 1. The van der Waals surface area contributed by atoms with Crippen molar-refractivity contribution < 1.29 is 19.0 Å². The summed E-state index contributed by atoms with van der Waals surface area (Å²) >= 11 is 0. The second kappa shape index (κ2) is 7.73. The van der Waals surface area contributed by atoms with Crippen molar-refractivity contribution in [3.05, 3.63) is 30.0 Å². The molecule has 0 saturated carbocycles. The fourth-order valence-electron chi connectivity index (χ4n) is 4.06. The lowest BCUT2D eigenvalue weighted by Gasteiger charge is -2.55. The number of likely N-dealkylation sites (N-methyl/N-ethyl adjacent to an activating group) is 1. The van der Waals surface area contributed by atoms with Crippen LogP contribution >= 0.6 is 0 Å². The van der Waals surface area contributed by atoms with E-state index in [1.165, 1.54) is 0 Å².